The molecule has 2 aromatic rings. The molecule has 1 aliphatic heterocycles. The predicted octanol–water partition coefficient (Wildman–Crippen LogP) is 3.50. The van der Waals surface area contributed by atoms with Crippen molar-refractivity contribution < 1.29 is 27.4 Å². The summed E-state index contributed by atoms with van der Waals surface area (Å²) in [5, 5.41) is 3.16. The van der Waals surface area contributed by atoms with Gasteiger partial charge in [0.25, 0.3) is 0 Å². The second kappa shape index (κ2) is 8.15. The number of hydrogen-bond acceptors (Lipinski definition) is 5. The molecule has 2 heterocycles. The number of carbonyl (C=O) groups excluding carboxylic acids is 1. The normalized spacial score (nSPS) is 17.9. The number of aromatic nitrogens is 1. The molecule has 1 amide bonds. The molecule has 0 aliphatic carbocycles. The Balaban J connectivity index is 1.53. The Hall–Kier alpha value is -1.97. The Morgan fingerprint density at radius 3 is 2.69 bits per heavy atom. The van der Waals surface area contributed by atoms with Crippen LogP contribution in [0.2, 0.25) is 0 Å². The van der Waals surface area contributed by atoms with Gasteiger partial charge < -0.3 is 14.8 Å². The molecule has 1 unspecified atom stereocenters. The minimum atomic E-state index is -4.34. The van der Waals surface area contributed by atoms with Crippen LogP contribution >= 0.6 is 11.3 Å². The van der Waals surface area contributed by atoms with E-state index < -0.39 is 11.7 Å². The summed E-state index contributed by atoms with van der Waals surface area (Å²) >= 11 is 1.29. The van der Waals surface area contributed by atoms with E-state index in [1.165, 1.54) is 23.5 Å². The molecule has 1 aromatic heterocycles. The first-order chi connectivity index (χ1) is 12.4. The van der Waals surface area contributed by atoms with E-state index >= 15 is 0 Å². The highest BCUT2D eigenvalue weighted by Gasteiger charge is 2.29. The standard InChI is InChI=1S/C17H17F3N2O3S/c18-17(19,20)12-3-1-11(2-4-12)7-14-9-21-16(26-14)22-15(23)8-13-10-24-5-6-25-13/h1-4,9,13H,5-8,10H2,(H,21,22,23). The predicted molar refractivity (Wildman–Crippen MR) is 90.2 cm³/mol. The van der Waals surface area contributed by atoms with Gasteiger partial charge in [-0.05, 0) is 17.7 Å². The van der Waals surface area contributed by atoms with Gasteiger partial charge in [-0.25, -0.2) is 4.98 Å². The van der Waals surface area contributed by atoms with E-state index in [1.54, 1.807) is 6.20 Å². The zero-order valence-electron chi connectivity index (χ0n) is 13.7. The molecule has 0 bridgehead atoms. The Kier molecular flexibility index (Phi) is 5.90. The highest BCUT2D eigenvalue weighted by atomic mass is 32.1. The Bertz CT molecular complexity index is 740. The number of amides is 1. The molecule has 1 aromatic carbocycles. The van der Waals surface area contributed by atoms with Gasteiger partial charge in [-0.2, -0.15) is 13.2 Å². The fourth-order valence-electron chi connectivity index (χ4n) is 2.49. The van der Waals surface area contributed by atoms with Gasteiger partial charge in [0.05, 0.1) is 37.9 Å². The maximum atomic E-state index is 12.6. The van der Waals surface area contributed by atoms with Crippen molar-refractivity contribution in [3.8, 4) is 0 Å². The highest BCUT2D eigenvalue weighted by molar-refractivity contribution is 7.15. The fraction of sp³-hybridized carbons (Fsp3) is 0.412. The second-order valence-electron chi connectivity index (χ2n) is 5.82. The largest absolute Gasteiger partial charge is 0.416 e. The number of anilines is 1. The monoisotopic (exact) mass is 386 g/mol. The van der Waals surface area contributed by atoms with Crippen LogP contribution in [0.15, 0.2) is 30.5 Å². The molecule has 0 radical (unpaired) electrons. The lowest BCUT2D eigenvalue weighted by Gasteiger charge is -2.22. The number of ether oxygens (including phenoxy) is 2. The molecule has 9 heteroatoms. The highest BCUT2D eigenvalue weighted by Crippen LogP contribution is 2.30. The molecular formula is C17H17F3N2O3S. The first-order valence-electron chi connectivity index (χ1n) is 8.00. The van der Waals surface area contributed by atoms with Crippen LogP contribution in [0.3, 0.4) is 0 Å². The van der Waals surface area contributed by atoms with E-state index in [0.717, 1.165) is 22.6 Å². The van der Waals surface area contributed by atoms with Crippen LogP contribution in [-0.2, 0) is 26.9 Å². The average molecular weight is 386 g/mol. The number of halogens is 3. The molecule has 1 fully saturated rings. The van der Waals surface area contributed by atoms with Gasteiger partial charge in [-0.15, -0.1) is 11.3 Å². The van der Waals surface area contributed by atoms with Crippen LogP contribution in [0.1, 0.15) is 22.4 Å². The van der Waals surface area contributed by atoms with E-state index in [-0.39, 0.29) is 18.4 Å². The van der Waals surface area contributed by atoms with Crippen molar-refractivity contribution in [2.75, 3.05) is 25.1 Å². The third-order valence-electron chi connectivity index (χ3n) is 3.76. The van der Waals surface area contributed by atoms with Gasteiger partial charge in [0, 0.05) is 17.5 Å². The quantitative estimate of drug-likeness (QED) is 0.855. The minimum absolute atomic E-state index is 0.188. The summed E-state index contributed by atoms with van der Waals surface area (Å²) < 4.78 is 48.4. The molecule has 0 spiro atoms. The number of thiazole rings is 1. The van der Waals surface area contributed by atoms with Crippen LogP contribution in [0.25, 0.3) is 0 Å². The van der Waals surface area contributed by atoms with E-state index in [9.17, 15) is 18.0 Å². The van der Waals surface area contributed by atoms with E-state index in [4.69, 9.17) is 9.47 Å². The summed E-state index contributed by atoms with van der Waals surface area (Å²) in [6.07, 6.45) is -2.35. The zero-order chi connectivity index (χ0) is 18.6. The maximum absolute atomic E-state index is 12.6. The Morgan fingerprint density at radius 1 is 1.27 bits per heavy atom. The molecule has 140 valence electrons. The third-order valence-corrected chi connectivity index (χ3v) is 4.67. The summed E-state index contributed by atoms with van der Waals surface area (Å²) in [5.74, 6) is -0.212. The summed E-state index contributed by atoms with van der Waals surface area (Å²) in [6.45, 7) is 1.41. The van der Waals surface area contributed by atoms with Crippen molar-refractivity contribution in [3.05, 3.63) is 46.5 Å². The molecule has 1 saturated heterocycles. The molecule has 5 nitrogen and oxygen atoms in total. The van der Waals surface area contributed by atoms with Crippen molar-refractivity contribution >= 4 is 22.4 Å². The summed E-state index contributed by atoms with van der Waals surface area (Å²) in [4.78, 5) is 17.0. The molecular weight excluding hydrogens is 369 g/mol. The summed E-state index contributed by atoms with van der Waals surface area (Å²) in [7, 11) is 0. The average Bonchev–Trinajstić information content (AvgIpc) is 3.02. The molecule has 1 aliphatic rings. The lowest BCUT2D eigenvalue weighted by atomic mass is 10.1. The SMILES string of the molecule is O=C(CC1COCCO1)Nc1ncc(Cc2ccc(C(F)(F)F)cc2)s1. The topological polar surface area (TPSA) is 60.5 Å². The summed E-state index contributed by atoms with van der Waals surface area (Å²) in [5.41, 5.74) is 0.0692. The van der Waals surface area contributed by atoms with E-state index in [0.29, 0.717) is 31.4 Å². The van der Waals surface area contributed by atoms with Crippen LogP contribution < -0.4 is 5.32 Å². The zero-order valence-corrected chi connectivity index (χ0v) is 14.5. The Labute approximate surface area is 152 Å². The first kappa shape index (κ1) is 18.8. The van der Waals surface area contributed by atoms with Crippen LogP contribution in [0.4, 0.5) is 18.3 Å². The number of hydrogen-bond donors (Lipinski definition) is 1. The van der Waals surface area contributed by atoms with Gasteiger partial charge in [0.2, 0.25) is 5.91 Å². The molecule has 3 rings (SSSR count). The van der Waals surface area contributed by atoms with Crippen molar-refractivity contribution in [2.45, 2.75) is 25.1 Å². The molecule has 1 atom stereocenters. The number of nitrogens with one attached hydrogen (secondary N) is 1. The van der Waals surface area contributed by atoms with Crippen molar-refractivity contribution in [1.82, 2.24) is 4.98 Å². The van der Waals surface area contributed by atoms with Crippen molar-refractivity contribution in [1.29, 1.82) is 0 Å². The van der Waals surface area contributed by atoms with Crippen LogP contribution in [0.5, 0.6) is 0 Å². The van der Waals surface area contributed by atoms with Gasteiger partial charge in [-0.3, -0.25) is 4.79 Å². The van der Waals surface area contributed by atoms with Crippen LogP contribution in [-0.4, -0.2) is 36.8 Å². The molecule has 26 heavy (non-hydrogen) atoms. The number of nitrogens with zero attached hydrogens (tertiary/aromatic N) is 1. The molecule has 1 N–H and O–H groups in total. The van der Waals surface area contributed by atoms with Gasteiger partial charge in [-0.1, -0.05) is 12.1 Å². The second-order valence-corrected chi connectivity index (χ2v) is 6.94. The lowest BCUT2D eigenvalue weighted by molar-refractivity contribution is -0.137. The van der Waals surface area contributed by atoms with E-state index in [2.05, 4.69) is 10.3 Å². The van der Waals surface area contributed by atoms with Gasteiger partial charge in [0.1, 0.15) is 0 Å². The number of carbonyl (C=O) groups is 1. The number of rotatable bonds is 5. The Morgan fingerprint density at radius 2 is 2.04 bits per heavy atom. The number of benzene rings is 1. The number of alkyl halides is 3. The fourth-order valence-corrected chi connectivity index (χ4v) is 3.35. The minimum Gasteiger partial charge on any atom is -0.376 e. The van der Waals surface area contributed by atoms with Gasteiger partial charge >= 0.3 is 6.18 Å². The smallest absolute Gasteiger partial charge is 0.376 e. The first-order valence-corrected chi connectivity index (χ1v) is 8.82. The van der Waals surface area contributed by atoms with Crippen molar-refractivity contribution in [2.24, 2.45) is 0 Å². The van der Waals surface area contributed by atoms with Gasteiger partial charge in [0.15, 0.2) is 5.13 Å². The summed E-state index contributed by atoms with van der Waals surface area (Å²) in [6, 6.07) is 5.01. The van der Waals surface area contributed by atoms with E-state index in [1.807, 2.05) is 0 Å². The maximum Gasteiger partial charge on any atom is 0.416 e. The van der Waals surface area contributed by atoms with Crippen LogP contribution in [0, 0.1) is 0 Å². The lowest BCUT2D eigenvalue weighted by Crippen LogP contribution is -2.32. The third kappa shape index (κ3) is 5.26. The van der Waals surface area contributed by atoms with Crippen molar-refractivity contribution in [3.63, 3.8) is 0 Å². The molecule has 0 saturated carbocycles.